The summed E-state index contributed by atoms with van der Waals surface area (Å²) in [6.07, 6.45) is 5.72. The highest BCUT2D eigenvalue weighted by atomic mass is 16.7. The first-order valence-electron chi connectivity index (χ1n) is 16.7. The zero-order valence-electron chi connectivity index (χ0n) is 27.4. The number of fused-ring (bicyclic) bond motifs is 2. The van der Waals surface area contributed by atoms with Crippen LogP contribution in [0.5, 0.6) is 0 Å². The van der Waals surface area contributed by atoms with E-state index in [1.807, 2.05) is 30.3 Å². The predicted octanol–water partition coefficient (Wildman–Crippen LogP) is 5.79. The summed E-state index contributed by atoms with van der Waals surface area (Å²) < 4.78 is 29.6. The smallest absolute Gasteiger partial charge is 0.333 e. The quantitative estimate of drug-likeness (QED) is 0.153. The molecule has 2 fully saturated rings. The van der Waals surface area contributed by atoms with Gasteiger partial charge in [-0.15, -0.1) is 0 Å². The second kappa shape index (κ2) is 20.0. The highest BCUT2D eigenvalue weighted by Gasteiger charge is 2.51. The van der Waals surface area contributed by atoms with Crippen LogP contribution in [0.1, 0.15) is 103 Å². The molecule has 1 aromatic rings. The first kappa shape index (κ1) is 37.1. The molecule has 1 N–H and O–H groups in total. The van der Waals surface area contributed by atoms with Gasteiger partial charge in [-0.1, -0.05) is 81.9 Å². The van der Waals surface area contributed by atoms with Crippen LogP contribution in [-0.4, -0.2) is 72.2 Å². The molecule has 1 aromatic carbocycles. The van der Waals surface area contributed by atoms with E-state index in [9.17, 15) is 24.3 Å². The van der Waals surface area contributed by atoms with E-state index in [0.29, 0.717) is 18.4 Å². The van der Waals surface area contributed by atoms with Crippen molar-refractivity contribution in [1.29, 1.82) is 0 Å². The number of benzene rings is 1. The molecule has 0 unspecified atom stereocenters. The largest absolute Gasteiger partial charge is 0.463 e. The number of carbonyl (C=O) groups is 4. The Morgan fingerprint density at radius 3 is 2.46 bits per heavy atom. The number of Topliss-reactive ketones (excluding diaryl/α,β-unsaturated/α-hetero) is 1. The Hall–Kier alpha value is -3.34. The summed E-state index contributed by atoms with van der Waals surface area (Å²) in [6, 6.07) is 9.13. The van der Waals surface area contributed by atoms with Crippen LogP contribution in [-0.2, 0) is 42.9 Å². The summed E-state index contributed by atoms with van der Waals surface area (Å²) in [4.78, 5) is 51.0. The van der Waals surface area contributed by atoms with Gasteiger partial charge < -0.3 is 28.8 Å². The third kappa shape index (κ3) is 12.5. The van der Waals surface area contributed by atoms with E-state index in [4.69, 9.17) is 23.7 Å². The Morgan fingerprint density at radius 2 is 1.72 bits per heavy atom. The summed E-state index contributed by atoms with van der Waals surface area (Å²) in [6.45, 7) is 4.99. The van der Waals surface area contributed by atoms with E-state index in [1.54, 1.807) is 26.0 Å². The van der Waals surface area contributed by atoms with Crippen molar-refractivity contribution in [3.05, 3.63) is 53.6 Å². The first-order chi connectivity index (χ1) is 22.2. The van der Waals surface area contributed by atoms with Crippen LogP contribution in [0.4, 0.5) is 0 Å². The maximum Gasteiger partial charge on any atom is 0.333 e. The fraction of sp³-hybridized carbons (Fsp3) is 0.611. The normalized spacial score (nSPS) is 27.4. The lowest BCUT2D eigenvalue weighted by Gasteiger charge is -2.44. The predicted molar refractivity (Wildman–Crippen MR) is 171 cm³/mol. The van der Waals surface area contributed by atoms with Crippen molar-refractivity contribution in [3.63, 3.8) is 0 Å². The van der Waals surface area contributed by atoms with Gasteiger partial charge in [-0.05, 0) is 44.7 Å². The molecule has 2 bridgehead atoms. The number of carbonyl (C=O) groups excluding carboxylic acids is 4. The molecule has 2 saturated heterocycles. The number of aliphatic hydroxyl groups excluding tert-OH is 1. The average Bonchev–Trinajstić information content (AvgIpc) is 3.06. The number of allylic oxidation sites excluding steroid dienone is 1. The number of unbranched alkanes of at least 4 members (excludes halogenated alkanes) is 2. The number of esters is 3. The highest BCUT2D eigenvalue weighted by Crippen LogP contribution is 2.31. The van der Waals surface area contributed by atoms with Gasteiger partial charge in [0.05, 0.1) is 12.5 Å². The zero-order valence-corrected chi connectivity index (χ0v) is 27.4. The second-order valence-corrected chi connectivity index (χ2v) is 11.9. The van der Waals surface area contributed by atoms with Crippen molar-refractivity contribution >= 4 is 29.8 Å². The number of hydrogen-bond donors (Lipinski definition) is 1. The molecule has 0 amide bonds. The first-order valence-corrected chi connectivity index (χ1v) is 16.7. The van der Waals surface area contributed by atoms with Gasteiger partial charge in [0.25, 0.3) is 0 Å². The minimum Gasteiger partial charge on any atom is -0.463 e. The van der Waals surface area contributed by atoms with Crippen molar-refractivity contribution in [2.24, 2.45) is 0 Å². The van der Waals surface area contributed by atoms with Crippen molar-refractivity contribution in [3.8, 4) is 0 Å². The minimum atomic E-state index is -1.51. The van der Waals surface area contributed by atoms with Gasteiger partial charge in [0.1, 0.15) is 24.6 Å². The van der Waals surface area contributed by atoms with Gasteiger partial charge >= 0.3 is 17.9 Å². The Bertz CT molecular complexity index is 1180. The standard InChI is InChI=1S/C36H50O10/c1-4-6-10-18-28-19-14-8-7-13-17-27(37)21-23-30(38)42-24-29-33(45-31(39)22-20-26-15-11-9-12-16-26)34(32(40)36(43-28)44-29)46-35(41)25(3)5-2/h5,9,11-12,15-16,20,22,28-29,32-34,36,40H,4,6-8,10,13-14,17-19,21,23-24H2,1-3H3/b22-20+,25-5+/t28-,29+,32+,33+,34+,36+/m0/s1. The van der Waals surface area contributed by atoms with E-state index in [2.05, 4.69) is 6.92 Å². The van der Waals surface area contributed by atoms with Crippen molar-refractivity contribution < 1.29 is 48.0 Å². The van der Waals surface area contributed by atoms with Crippen LogP contribution in [0.25, 0.3) is 6.08 Å². The van der Waals surface area contributed by atoms with E-state index in [-0.39, 0.29) is 31.3 Å². The molecule has 10 nitrogen and oxygen atoms in total. The van der Waals surface area contributed by atoms with Crippen molar-refractivity contribution in [2.45, 2.75) is 135 Å². The molecule has 46 heavy (non-hydrogen) atoms. The van der Waals surface area contributed by atoms with E-state index in [1.165, 1.54) is 6.08 Å². The fourth-order valence-electron chi connectivity index (χ4n) is 5.41. The van der Waals surface area contributed by atoms with E-state index >= 15 is 0 Å². The van der Waals surface area contributed by atoms with Crippen LogP contribution in [0, 0.1) is 0 Å². The Labute approximate surface area is 272 Å². The Kier molecular flexibility index (Phi) is 16.2. The number of ether oxygens (including phenoxy) is 5. The summed E-state index contributed by atoms with van der Waals surface area (Å²) in [5, 5.41) is 11.6. The SMILES string of the molecule is C/C=C(\C)C(=O)O[C@@H]1[C@@H](O)[C@@H]2O[C@@H](CCCCC)CCCCCCC(=O)CCC(=O)OC[C@@H](O2)[C@H]1OC(=O)/C=C/c1ccccc1. The molecule has 6 atom stereocenters. The van der Waals surface area contributed by atoms with Gasteiger partial charge in [-0.3, -0.25) is 9.59 Å². The molecular weight excluding hydrogens is 592 g/mol. The molecule has 0 aliphatic carbocycles. The lowest BCUT2D eigenvalue weighted by atomic mass is 9.97. The highest BCUT2D eigenvalue weighted by molar-refractivity contribution is 5.88. The number of rotatable bonds is 9. The summed E-state index contributed by atoms with van der Waals surface area (Å²) in [7, 11) is 0. The number of hydrogen-bond acceptors (Lipinski definition) is 10. The molecule has 2 heterocycles. The van der Waals surface area contributed by atoms with Crippen LogP contribution < -0.4 is 0 Å². The maximum atomic E-state index is 13.1. The van der Waals surface area contributed by atoms with E-state index in [0.717, 1.165) is 56.9 Å². The minimum absolute atomic E-state index is 0.00230. The maximum absolute atomic E-state index is 13.1. The molecule has 10 heteroatoms. The summed E-state index contributed by atoms with van der Waals surface area (Å²) >= 11 is 0. The van der Waals surface area contributed by atoms with Crippen LogP contribution in [0.2, 0.25) is 0 Å². The van der Waals surface area contributed by atoms with Gasteiger partial charge in [0.15, 0.2) is 18.5 Å². The molecule has 254 valence electrons. The van der Waals surface area contributed by atoms with E-state index < -0.39 is 48.6 Å². The lowest BCUT2D eigenvalue weighted by Crippen LogP contribution is -2.62. The topological polar surface area (TPSA) is 135 Å². The molecule has 0 spiro atoms. The molecular formula is C36H50O10. The van der Waals surface area contributed by atoms with Crippen LogP contribution in [0.3, 0.4) is 0 Å². The lowest BCUT2D eigenvalue weighted by molar-refractivity contribution is -0.315. The number of ketones is 1. The second-order valence-electron chi connectivity index (χ2n) is 11.9. The van der Waals surface area contributed by atoms with Crippen molar-refractivity contribution in [2.75, 3.05) is 6.61 Å². The zero-order chi connectivity index (χ0) is 33.3. The number of cyclic esters (lactones) is 1. The monoisotopic (exact) mass is 642 g/mol. The Morgan fingerprint density at radius 1 is 0.957 bits per heavy atom. The molecule has 0 aromatic heterocycles. The Balaban J connectivity index is 1.93. The van der Waals surface area contributed by atoms with Gasteiger partial charge in [-0.25, -0.2) is 9.59 Å². The van der Waals surface area contributed by atoms with Gasteiger partial charge in [-0.2, -0.15) is 0 Å². The van der Waals surface area contributed by atoms with Gasteiger partial charge in [0, 0.05) is 24.5 Å². The third-order valence-electron chi connectivity index (χ3n) is 8.28. The molecule has 0 radical (unpaired) electrons. The number of aliphatic hydroxyl groups is 1. The summed E-state index contributed by atoms with van der Waals surface area (Å²) in [5.74, 6) is -2.09. The average molecular weight is 643 g/mol. The molecule has 2 aliphatic heterocycles. The van der Waals surface area contributed by atoms with Crippen LogP contribution in [0.15, 0.2) is 48.1 Å². The van der Waals surface area contributed by atoms with Crippen LogP contribution >= 0.6 is 0 Å². The molecule has 3 rings (SSSR count). The molecule has 2 aliphatic rings. The summed E-state index contributed by atoms with van der Waals surface area (Å²) in [5.41, 5.74) is 1.05. The van der Waals surface area contributed by atoms with Gasteiger partial charge in [0.2, 0.25) is 0 Å². The van der Waals surface area contributed by atoms with Crippen molar-refractivity contribution in [1.82, 2.24) is 0 Å². The molecule has 0 saturated carbocycles. The fourth-order valence-corrected chi connectivity index (χ4v) is 5.41. The third-order valence-corrected chi connectivity index (χ3v) is 8.28.